The van der Waals surface area contributed by atoms with Crippen LogP contribution in [0.3, 0.4) is 0 Å². The highest BCUT2D eigenvalue weighted by Crippen LogP contribution is 2.20. The van der Waals surface area contributed by atoms with E-state index in [-0.39, 0.29) is 0 Å². The number of hydrogen-bond donors (Lipinski definition) is 0. The molecule has 0 bridgehead atoms. The molecule has 0 spiro atoms. The monoisotopic (exact) mass is 442 g/mol. The van der Waals surface area contributed by atoms with Gasteiger partial charge in [-0.3, -0.25) is 0 Å². The van der Waals surface area contributed by atoms with Crippen LogP contribution < -0.4 is 0 Å². The van der Waals surface area contributed by atoms with E-state index < -0.39 is 0 Å². The van der Waals surface area contributed by atoms with Crippen LogP contribution in [0, 0.1) is 0 Å². The summed E-state index contributed by atoms with van der Waals surface area (Å²) in [7, 11) is 0. The third kappa shape index (κ3) is 4.37. The molecule has 3 aromatic rings. The summed E-state index contributed by atoms with van der Waals surface area (Å²) in [5.74, 6) is 0. The lowest BCUT2D eigenvalue weighted by Crippen LogP contribution is -1.97. The summed E-state index contributed by atoms with van der Waals surface area (Å²) in [5.41, 5.74) is 8.27. The first-order valence-corrected chi connectivity index (χ1v) is 10.4. The minimum atomic E-state index is 0.904. The van der Waals surface area contributed by atoms with Crippen LogP contribution in [0.2, 0.25) is 0 Å². The zero-order valence-electron chi connectivity index (χ0n) is 13.5. The molecule has 0 radical (unpaired) electrons. The van der Waals surface area contributed by atoms with Crippen LogP contribution in [0.25, 0.3) is 0 Å². The summed E-state index contributed by atoms with van der Waals surface area (Å²) in [6.45, 7) is 0. The molecular formula is C22H20Br2. The Morgan fingerprint density at radius 1 is 0.500 bits per heavy atom. The van der Waals surface area contributed by atoms with Crippen molar-refractivity contribution < 1.29 is 0 Å². The third-order valence-electron chi connectivity index (χ3n) is 4.31. The lowest BCUT2D eigenvalue weighted by Gasteiger charge is -2.10. The molecule has 2 heteroatoms. The fourth-order valence-corrected chi connectivity index (χ4v) is 4.10. The van der Waals surface area contributed by atoms with Crippen molar-refractivity contribution in [2.24, 2.45) is 0 Å². The van der Waals surface area contributed by atoms with E-state index in [1.54, 1.807) is 0 Å². The van der Waals surface area contributed by atoms with Crippen molar-refractivity contribution in [3.05, 3.63) is 106 Å². The molecule has 0 saturated heterocycles. The molecule has 0 fully saturated rings. The van der Waals surface area contributed by atoms with Gasteiger partial charge in [0.1, 0.15) is 0 Å². The fraction of sp³-hybridized carbons (Fsp3) is 0.182. The largest absolute Gasteiger partial charge is 0.0876 e. The minimum absolute atomic E-state index is 0.904. The van der Waals surface area contributed by atoms with Gasteiger partial charge in [0.15, 0.2) is 0 Å². The van der Waals surface area contributed by atoms with Crippen LogP contribution in [-0.2, 0) is 23.5 Å². The van der Waals surface area contributed by atoms with Crippen molar-refractivity contribution in [2.45, 2.75) is 23.5 Å². The van der Waals surface area contributed by atoms with Crippen LogP contribution in [0.15, 0.2) is 72.8 Å². The van der Waals surface area contributed by atoms with Crippen molar-refractivity contribution in [1.29, 1.82) is 0 Å². The van der Waals surface area contributed by atoms with Crippen LogP contribution in [0.5, 0.6) is 0 Å². The van der Waals surface area contributed by atoms with Crippen molar-refractivity contribution in [3.63, 3.8) is 0 Å². The molecule has 0 atom stereocenters. The molecular weight excluding hydrogens is 424 g/mol. The Morgan fingerprint density at radius 3 is 1.33 bits per heavy atom. The van der Waals surface area contributed by atoms with Crippen LogP contribution in [0.1, 0.15) is 33.4 Å². The smallest absolute Gasteiger partial charge is 0.0285 e. The highest BCUT2D eigenvalue weighted by Gasteiger charge is 2.05. The first-order valence-electron chi connectivity index (χ1n) is 8.13. The summed E-state index contributed by atoms with van der Waals surface area (Å²) in [4.78, 5) is 0. The molecule has 0 aromatic heterocycles. The lowest BCUT2D eigenvalue weighted by atomic mass is 9.96. The second-order valence-corrected chi connectivity index (χ2v) is 7.10. The second-order valence-electron chi connectivity index (χ2n) is 5.98. The fourth-order valence-electron chi connectivity index (χ4n) is 3.01. The number of hydrogen-bond acceptors (Lipinski definition) is 0. The number of benzene rings is 3. The van der Waals surface area contributed by atoms with Crippen LogP contribution in [-0.4, -0.2) is 0 Å². The summed E-state index contributed by atoms with van der Waals surface area (Å²) < 4.78 is 0. The van der Waals surface area contributed by atoms with E-state index in [0.29, 0.717) is 0 Å². The zero-order chi connectivity index (χ0) is 16.8. The summed E-state index contributed by atoms with van der Waals surface area (Å²) in [6, 6.07) is 26.3. The quantitative estimate of drug-likeness (QED) is 0.373. The van der Waals surface area contributed by atoms with E-state index in [1.165, 1.54) is 33.4 Å². The Hall–Kier alpha value is -1.38. The molecule has 0 nitrogen and oxygen atoms in total. The molecule has 0 aliphatic heterocycles. The van der Waals surface area contributed by atoms with Gasteiger partial charge in [-0.25, -0.2) is 0 Å². The SMILES string of the molecule is BrCc1ccccc1Cc1cccc(Cc2ccccc2CBr)c1. The molecule has 0 unspecified atom stereocenters. The van der Waals surface area contributed by atoms with E-state index in [4.69, 9.17) is 0 Å². The van der Waals surface area contributed by atoms with E-state index in [1.807, 2.05) is 0 Å². The lowest BCUT2D eigenvalue weighted by molar-refractivity contribution is 1.11. The molecule has 3 aromatic carbocycles. The molecule has 3 rings (SSSR count). The number of rotatable bonds is 6. The molecule has 122 valence electrons. The van der Waals surface area contributed by atoms with Crippen LogP contribution >= 0.6 is 31.9 Å². The predicted octanol–water partition coefficient (Wildman–Crippen LogP) is 6.66. The summed E-state index contributed by atoms with van der Waals surface area (Å²) in [5, 5.41) is 1.81. The molecule has 0 aliphatic carbocycles. The Morgan fingerprint density at radius 2 is 0.917 bits per heavy atom. The van der Waals surface area contributed by atoms with E-state index >= 15 is 0 Å². The number of alkyl halides is 2. The molecule has 0 saturated carbocycles. The maximum absolute atomic E-state index is 3.59. The van der Waals surface area contributed by atoms with Gasteiger partial charge < -0.3 is 0 Å². The minimum Gasteiger partial charge on any atom is -0.0876 e. The predicted molar refractivity (Wildman–Crippen MR) is 110 cm³/mol. The maximum Gasteiger partial charge on any atom is 0.0285 e. The van der Waals surface area contributed by atoms with Crippen molar-refractivity contribution in [1.82, 2.24) is 0 Å². The van der Waals surface area contributed by atoms with Gasteiger partial charge in [-0.2, -0.15) is 0 Å². The third-order valence-corrected chi connectivity index (χ3v) is 5.51. The maximum atomic E-state index is 3.59. The average Bonchev–Trinajstić information content (AvgIpc) is 2.63. The molecule has 0 aliphatic rings. The van der Waals surface area contributed by atoms with Gasteiger partial charge in [0.2, 0.25) is 0 Å². The topological polar surface area (TPSA) is 0 Å². The summed E-state index contributed by atoms with van der Waals surface area (Å²) in [6.07, 6.45) is 1.96. The molecule has 0 N–H and O–H groups in total. The second kappa shape index (κ2) is 8.64. The summed E-state index contributed by atoms with van der Waals surface area (Å²) >= 11 is 7.18. The average molecular weight is 444 g/mol. The zero-order valence-corrected chi connectivity index (χ0v) is 16.7. The van der Waals surface area contributed by atoms with Crippen molar-refractivity contribution in [2.75, 3.05) is 0 Å². The van der Waals surface area contributed by atoms with Gasteiger partial charge in [0, 0.05) is 10.7 Å². The Labute approximate surface area is 161 Å². The van der Waals surface area contributed by atoms with Gasteiger partial charge in [-0.1, -0.05) is 105 Å². The Balaban J connectivity index is 1.82. The van der Waals surface area contributed by atoms with Gasteiger partial charge >= 0.3 is 0 Å². The first kappa shape index (κ1) is 17.4. The number of halogens is 2. The first-order chi connectivity index (χ1) is 11.8. The van der Waals surface area contributed by atoms with E-state index in [2.05, 4.69) is 105 Å². The van der Waals surface area contributed by atoms with Gasteiger partial charge in [-0.05, 0) is 46.2 Å². The molecule has 24 heavy (non-hydrogen) atoms. The Kier molecular flexibility index (Phi) is 6.28. The highest BCUT2D eigenvalue weighted by atomic mass is 79.9. The normalized spacial score (nSPS) is 10.8. The van der Waals surface area contributed by atoms with Crippen LogP contribution in [0.4, 0.5) is 0 Å². The van der Waals surface area contributed by atoms with Crippen molar-refractivity contribution in [3.8, 4) is 0 Å². The Bertz CT molecular complexity index is 744. The van der Waals surface area contributed by atoms with E-state index in [9.17, 15) is 0 Å². The highest BCUT2D eigenvalue weighted by molar-refractivity contribution is 9.08. The van der Waals surface area contributed by atoms with Crippen molar-refractivity contribution >= 4 is 31.9 Å². The van der Waals surface area contributed by atoms with Gasteiger partial charge in [0.25, 0.3) is 0 Å². The molecule has 0 heterocycles. The van der Waals surface area contributed by atoms with E-state index in [0.717, 1.165) is 23.5 Å². The standard InChI is InChI=1S/C22H20Br2/c23-15-21-10-3-1-8-19(21)13-17-6-5-7-18(12-17)14-20-9-2-4-11-22(20)16-24/h1-12H,13-16H2. The van der Waals surface area contributed by atoms with Gasteiger partial charge in [0.05, 0.1) is 0 Å². The van der Waals surface area contributed by atoms with Gasteiger partial charge in [-0.15, -0.1) is 0 Å². The molecule has 0 amide bonds.